The molecule has 0 unspecified atom stereocenters. The van der Waals surface area contributed by atoms with Crippen molar-refractivity contribution in [1.82, 2.24) is 29.9 Å². The number of imide groups is 1. The zero-order valence-electron chi connectivity index (χ0n) is 31.5. The third kappa shape index (κ3) is 6.99. The van der Waals surface area contributed by atoms with E-state index >= 15 is 4.39 Å². The molecule has 2 aromatic carbocycles. The van der Waals surface area contributed by atoms with Crippen LogP contribution in [0, 0.1) is 25.6 Å². The number of carbonyl (C=O) groups excluding carboxylic acids is 3. The minimum atomic E-state index is -0.573. The number of piperazine rings is 1. The number of rotatable bonds is 9. The van der Waals surface area contributed by atoms with Gasteiger partial charge >= 0.3 is 6.03 Å². The van der Waals surface area contributed by atoms with Crippen LogP contribution in [0.2, 0.25) is 0 Å². The summed E-state index contributed by atoms with van der Waals surface area (Å²) in [7, 11) is 5.05. The van der Waals surface area contributed by atoms with E-state index in [4.69, 9.17) is 9.47 Å². The summed E-state index contributed by atoms with van der Waals surface area (Å²) < 4.78 is 29.1. The van der Waals surface area contributed by atoms with Crippen LogP contribution in [0.3, 0.4) is 0 Å². The first-order chi connectivity index (χ1) is 26.0. The van der Waals surface area contributed by atoms with Gasteiger partial charge in [0.2, 0.25) is 11.8 Å². The molecule has 3 aliphatic rings. The van der Waals surface area contributed by atoms with Crippen LogP contribution in [0.25, 0.3) is 22.0 Å². The molecule has 7 rings (SSSR count). The largest absolute Gasteiger partial charge is 0.496 e. The zero-order valence-corrected chi connectivity index (χ0v) is 31.5. The molecule has 5 heterocycles. The van der Waals surface area contributed by atoms with E-state index in [1.165, 1.54) is 4.90 Å². The highest BCUT2D eigenvalue weighted by Gasteiger charge is 2.31. The van der Waals surface area contributed by atoms with E-state index in [1.807, 2.05) is 42.0 Å². The van der Waals surface area contributed by atoms with E-state index < -0.39 is 11.8 Å². The number of pyridine rings is 1. The average Bonchev–Trinajstić information content (AvgIpc) is 3.61. The van der Waals surface area contributed by atoms with E-state index in [9.17, 15) is 19.2 Å². The van der Waals surface area contributed by atoms with Crippen molar-refractivity contribution in [3.63, 3.8) is 0 Å². The van der Waals surface area contributed by atoms with E-state index in [0.717, 1.165) is 48.2 Å². The molecular weight excluding hydrogens is 695 g/mol. The van der Waals surface area contributed by atoms with Crippen LogP contribution in [0.1, 0.15) is 42.4 Å². The lowest BCUT2D eigenvalue weighted by Gasteiger charge is -2.37. The summed E-state index contributed by atoms with van der Waals surface area (Å²) in [4.78, 5) is 57.4. The van der Waals surface area contributed by atoms with Gasteiger partial charge in [-0.1, -0.05) is 0 Å². The van der Waals surface area contributed by atoms with Gasteiger partial charge in [0.25, 0.3) is 5.56 Å². The Hall–Kier alpha value is -5.44. The fraction of sp³-hybridized carbons (Fsp3) is 0.462. The van der Waals surface area contributed by atoms with Gasteiger partial charge in [-0.15, -0.1) is 0 Å². The first kappa shape index (κ1) is 36.9. The molecule has 3 saturated heterocycles. The molecular formula is C39H47FN8O6. The number of fused-ring (bicyclic) bond motifs is 1. The van der Waals surface area contributed by atoms with Crippen molar-refractivity contribution < 1.29 is 28.2 Å². The lowest BCUT2D eigenvalue weighted by Crippen LogP contribution is -2.49. The maximum atomic E-state index is 15.8. The predicted molar refractivity (Wildman–Crippen MR) is 203 cm³/mol. The number of hydrogen-bond acceptors (Lipinski definition) is 9. The Morgan fingerprint density at radius 2 is 1.63 bits per heavy atom. The molecule has 3 fully saturated rings. The van der Waals surface area contributed by atoms with Crippen molar-refractivity contribution in [1.29, 1.82) is 0 Å². The Morgan fingerprint density at radius 1 is 0.944 bits per heavy atom. The summed E-state index contributed by atoms with van der Waals surface area (Å²) in [6.45, 7) is 8.51. The molecule has 4 aromatic rings. The maximum Gasteiger partial charge on any atom is 0.329 e. The molecule has 0 atom stereocenters. The third-order valence-corrected chi connectivity index (χ3v) is 11.3. The van der Waals surface area contributed by atoms with Gasteiger partial charge in [-0.05, 0) is 68.0 Å². The summed E-state index contributed by atoms with van der Waals surface area (Å²) in [5.41, 5.74) is 5.07. The van der Waals surface area contributed by atoms with Crippen molar-refractivity contribution in [2.75, 3.05) is 69.8 Å². The van der Waals surface area contributed by atoms with Crippen molar-refractivity contribution in [2.45, 2.75) is 46.1 Å². The Balaban J connectivity index is 0.930. The summed E-state index contributed by atoms with van der Waals surface area (Å²) in [5, 5.41) is 9.69. The molecule has 54 heavy (non-hydrogen) atoms. The van der Waals surface area contributed by atoms with Crippen LogP contribution >= 0.6 is 0 Å². The number of urea groups is 1. The molecule has 0 saturated carbocycles. The Morgan fingerprint density at radius 3 is 2.28 bits per heavy atom. The summed E-state index contributed by atoms with van der Waals surface area (Å²) in [6.07, 6.45) is 4.01. The normalized spacial score (nSPS) is 17.3. The lowest BCUT2D eigenvalue weighted by atomic mass is 9.92. The number of hydrogen-bond donors (Lipinski definition) is 2. The summed E-state index contributed by atoms with van der Waals surface area (Å²) >= 11 is 0. The standard InChI is InChI=1S/C39H47FN8O6/c1-23-24(2)38(51)44(3)21-28(23)26-19-31(53-4)29(32(20-26)54-5)22-45-14-16-47(17-15-45)34(50)18-25-8-11-46(12-9-25)30-7-6-27-36(35(30)40)42-43-37(27)48-13-10-33(49)41-39(48)52/h6-7,19-21,25H,8-18,22H2,1-5H3,(H,42,43)(H,41,49,52). The molecule has 0 spiro atoms. The molecule has 286 valence electrons. The number of halogens is 1. The average molecular weight is 743 g/mol. The summed E-state index contributed by atoms with van der Waals surface area (Å²) in [6, 6.07) is 6.89. The molecule has 0 radical (unpaired) electrons. The fourth-order valence-corrected chi connectivity index (χ4v) is 7.94. The minimum Gasteiger partial charge on any atom is -0.496 e. The highest BCUT2D eigenvalue weighted by atomic mass is 19.1. The number of methoxy groups -OCH3 is 2. The molecule has 14 nitrogen and oxygen atoms in total. The number of aromatic nitrogens is 3. The summed E-state index contributed by atoms with van der Waals surface area (Å²) in [5.74, 6) is 1.28. The number of piperidine rings is 1. The third-order valence-electron chi connectivity index (χ3n) is 11.3. The number of benzene rings is 2. The van der Waals surface area contributed by atoms with Crippen molar-refractivity contribution >= 4 is 40.3 Å². The zero-order chi connectivity index (χ0) is 38.3. The minimum absolute atomic E-state index is 0.0178. The van der Waals surface area contributed by atoms with Crippen LogP contribution in [-0.4, -0.2) is 102 Å². The van der Waals surface area contributed by atoms with E-state index in [0.29, 0.717) is 67.3 Å². The number of aromatic amines is 1. The molecule has 3 aliphatic heterocycles. The van der Waals surface area contributed by atoms with Crippen molar-refractivity contribution in [3.8, 4) is 22.6 Å². The van der Waals surface area contributed by atoms with Gasteiger partial charge in [0.05, 0.1) is 25.5 Å². The number of nitrogens with one attached hydrogen (secondary N) is 2. The quantitative estimate of drug-likeness (QED) is 0.259. The van der Waals surface area contributed by atoms with E-state index in [1.54, 1.807) is 38.0 Å². The Bertz CT molecular complexity index is 2140. The Labute approximate surface area is 312 Å². The van der Waals surface area contributed by atoms with E-state index in [-0.39, 0.29) is 47.6 Å². The predicted octanol–water partition coefficient (Wildman–Crippen LogP) is 4.10. The molecule has 2 N–H and O–H groups in total. The SMILES string of the molecule is COc1cc(-c2cn(C)c(=O)c(C)c2C)cc(OC)c1CN1CCN(C(=O)CC2CCN(c3ccc4c(N5CCC(=O)NC5=O)n[nH]c4c3F)CC2)CC1. The number of anilines is 2. The highest BCUT2D eigenvalue weighted by molar-refractivity contribution is 6.09. The van der Waals surface area contributed by atoms with Gasteiger partial charge in [-0.25, -0.2) is 9.18 Å². The van der Waals surface area contributed by atoms with Crippen LogP contribution in [0.15, 0.2) is 35.3 Å². The van der Waals surface area contributed by atoms with Gasteiger partial charge in [0.1, 0.15) is 17.0 Å². The highest BCUT2D eigenvalue weighted by Crippen LogP contribution is 2.38. The smallest absolute Gasteiger partial charge is 0.329 e. The lowest BCUT2D eigenvalue weighted by molar-refractivity contribution is -0.134. The molecule has 4 amide bonds. The first-order valence-electron chi connectivity index (χ1n) is 18.4. The van der Waals surface area contributed by atoms with Crippen LogP contribution in [-0.2, 0) is 23.2 Å². The molecule has 15 heteroatoms. The molecule has 0 bridgehead atoms. The Kier molecular flexibility index (Phi) is 10.3. The first-order valence-corrected chi connectivity index (χ1v) is 18.4. The van der Waals surface area contributed by atoms with Gasteiger partial charge in [0.15, 0.2) is 11.6 Å². The van der Waals surface area contributed by atoms with Crippen molar-refractivity contribution in [2.24, 2.45) is 13.0 Å². The number of nitrogens with zero attached hydrogens (tertiary/aromatic N) is 6. The number of H-pyrrole nitrogens is 1. The van der Waals surface area contributed by atoms with Crippen LogP contribution < -0.4 is 30.1 Å². The van der Waals surface area contributed by atoms with Crippen LogP contribution in [0.5, 0.6) is 11.5 Å². The number of carbonyl (C=O) groups is 3. The van der Waals surface area contributed by atoms with E-state index in [2.05, 4.69) is 20.4 Å². The van der Waals surface area contributed by atoms with Gasteiger partial charge in [0, 0.05) is 95.0 Å². The monoisotopic (exact) mass is 742 g/mol. The number of ether oxygens (including phenoxy) is 2. The van der Waals surface area contributed by atoms with Gasteiger partial charge in [-0.3, -0.25) is 34.6 Å². The number of amides is 4. The second-order valence-corrected chi connectivity index (χ2v) is 14.5. The second-order valence-electron chi connectivity index (χ2n) is 14.5. The maximum absolute atomic E-state index is 15.8. The van der Waals surface area contributed by atoms with Gasteiger partial charge in [-0.2, -0.15) is 5.10 Å². The topological polar surface area (TPSA) is 145 Å². The second kappa shape index (κ2) is 15.1. The van der Waals surface area contributed by atoms with Gasteiger partial charge < -0.3 is 23.8 Å². The van der Waals surface area contributed by atoms with Crippen molar-refractivity contribution in [3.05, 3.63) is 63.3 Å². The fourth-order valence-electron chi connectivity index (χ4n) is 7.94. The molecule has 2 aromatic heterocycles. The number of aryl methyl sites for hydroxylation is 1. The molecule has 0 aliphatic carbocycles. The van der Waals surface area contributed by atoms with Crippen LogP contribution in [0.4, 0.5) is 20.7 Å².